The van der Waals surface area contributed by atoms with Gasteiger partial charge in [-0.3, -0.25) is 10.3 Å². The Bertz CT molecular complexity index is 1300. The summed E-state index contributed by atoms with van der Waals surface area (Å²) in [5, 5.41) is 9.46. The number of benzene rings is 1. The second-order valence-electron chi connectivity index (χ2n) is 8.58. The number of nitrogens with two attached hydrogens (primary N) is 1. The molecular formula is C25H31N9O3. The van der Waals surface area contributed by atoms with E-state index < -0.39 is 0 Å². The predicted molar refractivity (Wildman–Crippen MR) is 142 cm³/mol. The van der Waals surface area contributed by atoms with E-state index in [0.717, 1.165) is 43.9 Å². The number of nitrogen functional groups attached to an aromatic ring is 1. The van der Waals surface area contributed by atoms with Crippen molar-refractivity contribution >= 4 is 34.7 Å². The number of hydrogen-bond acceptors (Lipinski definition) is 11. The smallest absolute Gasteiger partial charge is 0.224 e. The fourth-order valence-corrected chi connectivity index (χ4v) is 4.20. The Balaban J connectivity index is 1.14. The van der Waals surface area contributed by atoms with Gasteiger partial charge < -0.3 is 24.5 Å². The highest BCUT2D eigenvalue weighted by atomic mass is 16.5. The lowest BCUT2D eigenvalue weighted by molar-refractivity contribution is 0.146. The standard InChI is InChI=1S/C25H31N9O3/c1-35-15-16-37-20-6-4-19(5-7-20)33-11-8-32(9-12-33)10-13-34-24-22(18-28-34)23(29-25(26)30-24)31-27-17-21-3-2-14-36-21/h2-7,14,17-18H,8-13,15-16H2,1H3,(H3,26,29,30,31)/b27-17+. The van der Waals surface area contributed by atoms with Gasteiger partial charge >= 0.3 is 0 Å². The van der Waals surface area contributed by atoms with Crippen LogP contribution in [0.25, 0.3) is 11.0 Å². The molecule has 3 N–H and O–H groups in total. The van der Waals surface area contributed by atoms with E-state index in [9.17, 15) is 0 Å². The molecular weight excluding hydrogens is 474 g/mol. The molecule has 1 aliphatic heterocycles. The maximum atomic E-state index is 5.97. The van der Waals surface area contributed by atoms with Crippen LogP contribution >= 0.6 is 0 Å². The van der Waals surface area contributed by atoms with Crippen LogP contribution in [0.3, 0.4) is 0 Å². The SMILES string of the molecule is COCCOc1ccc(N2CCN(CCn3ncc4c(N/N=C/c5ccco5)nc(N)nc43)CC2)cc1. The Morgan fingerprint density at radius 1 is 1.08 bits per heavy atom. The summed E-state index contributed by atoms with van der Waals surface area (Å²) in [6.07, 6.45) is 4.89. The number of ether oxygens (including phenoxy) is 2. The van der Waals surface area contributed by atoms with E-state index in [2.05, 4.69) is 47.5 Å². The summed E-state index contributed by atoms with van der Waals surface area (Å²) in [5.74, 6) is 2.15. The van der Waals surface area contributed by atoms with Crippen molar-refractivity contribution in [3.05, 3.63) is 54.6 Å². The van der Waals surface area contributed by atoms with Crippen LogP contribution in [0.15, 0.2) is 58.4 Å². The number of piperazine rings is 1. The number of nitrogens with zero attached hydrogens (tertiary/aromatic N) is 7. The molecule has 1 fully saturated rings. The van der Waals surface area contributed by atoms with Crippen molar-refractivity contribution in [1.29, 1.82) is 0 Å². The fourth-order valence-electron chi connectivity index (χ4n) is 4.20. The molecule has 12 heteroatoms. The lowest BCUT2D eigenvalue weighted by atomic mass is 10.2. The summed E-state index contributed by atoms with van der Waals surface area (Å²) in [4.78, 5) is 13.5. The van der Waals surface area contributed by atoms with E-state index in [0.29, 0.717) is 37.0 Å². The highest BCUT2D eigenvalue weighted by Gasteiger charge is 2.18. The molecule has 37 heavy (non-hydrogen) atoms. The van der Waals surface area contributed by atoms with Crippen LogP contribution in [0.4, 0.5) is 17.5 Å². The molecule has 1 aromatic carbocycles. The second-order valence-corrected chi connectivity index (χ2v) is 8.58. The number of methoxy groups -OCH3 is 1. The Labute approximate surface area is 214 Å². The van der Waals surface area contributed by atoms with Crippen molar-refractivity contribution < 1.29 is 13.9 Å². The molecule has 1 saturated heterocycles. The summed E-state index contributed by atoms with van der Waals surface area (Å²) in [5.41, 5.74) is 10.8. The van der Waals surface area contributed by atoms with Gasteiger partial charge in [0.1, 0.15) is 18.1 Å². The molecule has 4 heterocycles. The molecule has 0 atom stereocenters. The highest BCUT2D eigenvalue weighted by Crippen LogP contribution is 2.22. The van der Waals surface area contributed by atoms with Crippen LogP contribution in [-0.4, -0.2) is 83.9 Å². The third kappa shape index (κ3) is 6.16. The van der Waals surface area contributed by atoms with Crippen LogP contribution in [0.5, 0.6) is 5.75 Å². The minimum Gasteiger partial charge on any atom is -0.491 e. The monoisotopic (exact) mass is 505 g/mol. The van der Waals surface area contributed by atoms with Crippen LogP contribution in [0, 0.1) is 0 Å². The molecule has 0 amide bonds. The van der Waals surface area contributed by atoms with Gasteiger partial charge in [-0.15, -0.1) is 0 Å². The molecule has 0 aliphatic carbocycles. The molecule has 0 unspecified atom stereocenters. The first-order chi connectivity index (χ1) is 18.2. The second kappa shape index (κ2) is 11.7. The number of anilines is 3. The number of hydrogen-bond donors (Lipinski definition) is 2. The number of aromatic nitrogens is 4. The summed E-state index contributed by atoms with van der Waals surface area (Å²) < 4.78 is 17.8. The van der Waals surface area contributed by atoms with Gasteiger partial charge in [0.15, 0.2) is 11.5 Å². The number of hydrazone groups is 1. The zero-order chi connectivity index (χ0) is 25.5. The lowest BCUT2D eigenvalue weighted by Crippen LogP contribution is -2.47. The quantitative estimate of drug-likeness (QED) is 0.178. The summed E-state index contributed by atoms with van der Waals surface area (Å²) >= 11 is 0. The van der Waals surface area contributed by atoms with Gasteiger partial charge in [-0.05, 0) is 36.4 Å². The van der Waals surface area contributed by atoms with Crippen LogP contribution < -0.4 is 20.8 Å². The molecule has 0 bridgehead atoms. The summed E-state index contributed by atoms with van der Waals surface area (Å²) in [7, 11) is 1.67. The van der Waals surface area contributed by atoms with E-state index in [1.807, 2.05) is 22.9 Å². The van der Waals surface area contributed by atoms with Crippen molar-refractivity contribution in [2.24, 2.45) is 5.10 Å². The Morgan fingerprint density at radius 3 is 2.68 bits per heavy atom. The minimum atomic E-state index is 0.161. The van der Waals surface area contributed by atoms with Crippen molar-refractivity contribution in [2.75, 3.05) is 69.1 Å². The lowest BCUT2D eigenvalue weighted by Gasteiger charge is -2.36. The van der Waals surface area contributed by atoms with E-state index >= 15 is 0 Å². The van der Waals surface area contributed by atoms with E-state index in [1.165, 1.54) is 5.69 Å². The Morgan fingerprint density at radius 2 is 1.92 bits per heavy atom. The third-order valence-electron chi connectivity index (χ3n) is 6.18. The molecule has 0 radical (unpaired) electrons. The van der Waals surface area contributed by atoms with E-state index in [1.54, 1.807) is 31.9 Å². The van der Waals surface area contributed by atoms with Gasteiger partial charge in [-0.1, -0.05) is 0 Å². The summed E-state index contributed by atoms with van der Waals surface area (Å²) in [6, 6.07) is 11.9. The van der Waals surface area contributed by atoms with Crippen molar-refractivity contribution in [1.82, 2.24) is 24.6 Å². The first-order valence-corrected chi connectivity index (χ1v) is 12.2. The topological polar surface area (TPSA) is 132 Å². The third-order valence-corrected chi connectivity index (χ3v) is 6.18. The number of rotatable bonds is 11. The van der Waals surface area contributed by atoms with Crippen molar-refractivity contribution in [3.63, 3.8) is 0 Å². The maximum Gasteiger partial charge on any atom is 0.224 e. The molecule has 1 aliphatic rings. The van der Waals surface area contributed by atoms with Gasteiger partial charge in [-0.25, -0.2) is 4.68 Å². The zero-order valence-corrected chi connectivity index (χ0v) is 20.8. The van der Waals surface area contributed by atoms with E-state index in [-0.39, 0.29) is 5.95 Å². The van der Waals surface area contributed by atoms with Gasteiger partial charge in [0, 0.05) is 45.5 Å². The van der Waals surface area contributed by atoms with Gasteiger partial charge in [0.25, 0.3) is 0 Å². The van der Waals surface area contributed by atoms with Crippen LogP contribution in [-0.2, 0) is 11.3 Å². The number of furan rings is 1. The predicted octanol–water partition coefficient (Wildman–Crippen LogP) is 2.29. The highest BCUT2D eigenvalue weighted by molar-refractivity contribution is 5.88. The average molecular weight is 506 g/mol. The molecule has 12 nitrogen and oxygen atoms in total. The average Bonchev–Trinajstić information content (AvgIpc) is 3.58. The maximum absolute atomic E-state index is 5.97. The molecule has 4 aromatic rings. The Hall–Kier alpha value is -4.16. The van der Waals surface area contributed by atoms with Gasteiger partial charge in [0.05, 0.1) is 37.2 Å². The fraction of sp³-hybridized carbons (Fsp3) is 0.360. The summed E-state index contributed by atoms with van der Waals surface area (Å²) in [6.45, 7) is 6.55. The van der Waals surface area contributed by atoms with Gasteiger partial charge in [-0.2, -0.15) is 20.2 Å². The molecule has 0 spiro atoms. The van der Waals surface area contributed by atoms with Crippen LogP contribution in [0.2, 0.25) is 0 Å². The van der Waals surface area contributed by atoms with Crippen LogP contribution in [0.1, 0.15) is 5.76 Å². The first kappa shape index (κ1) is 24.5. The molecule has 0 saturated carbocycles. The number of nitrogens with one attached hydrogen (secondary N) is 1. The first-order valence-electron chi connectivity index (χ1n) is 12.2. The Kier molecular flexibility index (Phi) is 7.77. The van der Waals surface area contributed by atoms with Crippen molar-refractivity contribution in [3.8, 4) is 5.75 Å². The van der Waals surface area contributed by atoms with Gasteiger partial charge in [0.2, 0.25) is 5.95 Å². The van der Waals surface area contributed by atoms with E-state index in [4.69, 9.17) is 19.6 Å². The minimum absolute atomic E-state index is 0.161. The largest absolute Gasteiger partial charge is 0.491 e. The normalized spacial score (nSPS) is 14.6. The zero-order valence-electron chi connectivity index (χ0n) is 20.8. The van der Waals surface area contributed by atoms with Crippen molar-refractivity contribution in [2.45, 2.75) is 6.54 Å². The molecule has 3 aromatic heterocycles. The molecule has 194 valence electrons. The molecule has 5 rings (SSSR count). The number of fused-ring (bicyclic) bond motifs is 1.